The van der Waals surface area contributed by atoms with Crippen molar-refractivity contribution in [3.05, 3.63) is 0 Å². The standard InChI is InChI=1S/C14H26N2O/c1-10-6-3-2-4-9-13(10)16-14(17)11-7-5-8-12(11)15/h10-13H,2-9,15H2,1H3,(H,16,17). The van der Waals surface area contributed by atoms with Crippen molar-refractivity contribution in [3.8, 4) is 0 Å². The summed E-state index contributed by atoms with van der Waals surface area (Å²) < 4.78 is 0. The topological polar surface area (TPSA) is 55.1 Å². The van der Waals surface area contributed by atoms with Gasteiger partial charge >= 0.3 is 0 Å². The number of hydrogen-bond donors (Lipinski definition) is 2. The van der Waals surface area contributed by atoms with Crippen molar-refractivity contribution in [1.82, 2.24) is 5.32 Å². The summed E-state index contributed by atoms with van der Waals surface area (Å²) in [5.74, 6) is 0.915. The zero-order valence-corrected chi connectivity index (χ0v) is 11.0. The molecular weight excluding hydrogens is 212 g/mol. The van der Waals surface area contributed by atoms with Gasteiger partial charge in [0.1, 0.15) is 0 Å². The highest BCUT2D eigenvalue weighted by Gasteiger charge is 2.32. The lowest BCUT2D eigenvalue weighted by Gasteiger charge is -2.25. The minimum atomic E-state index is 0.0745. The Hall–Kier alpha value is -0.570. The molecule has 3 nitrogen and oxygen atoms in total. The molecule has 2 fully saturated rings. The van der Waals surface area contributed by atoms with Crippen LogP contribution in [0.4, 0.5) is 0 Å². The Morgan fingerprint density at radius 2 is 1.82 bits per heavy atom. The van der Waals surface area contributed by atoms with Crippen LogP contribution >= 0.6 is 0 Å². The van der Waals surface area contributed by atoms with Gasteiger partial charge in [0.15, 0.2) is 0 Å². The van der Waals surface area contributed by atoms with Gasteiger partial charge in [0, 0.05) is 12.1 Å². The van der Waals surface area contributed by atoms with Gasteiger partial charge in [0.2, 0.25) is 5.91 Å². The molecule has 98 valence electrons. The van der Waals surface area contributed by atoms with Gasteiger partial charge in [0.05, 0.1) is 5.92 Å². The van der Waals surface area contributed by atoms with Crippen molar-refractivity contribution >= 4 is 5.91 Å². The summed E-state index contributed by atoms with van der Waals surface area (Å²) in [4.78, 5) is 12.2. The summed E-state index contributed by atoms with van der Waals surface area (Å²) in [6, 6.07) is 0.480. The number of nitrogens with two attached hydrogens (primary N) is 1. The molecule has 1 amide bonds. The zero-order valence-electron chi connectivity index (χ0n) is 11.0. The third-order valence-electron chi connectivity index (χ3n) is 4.60. The lowest BCUT2D eigenvalue weighted by molar-refractivity contribution is -0.126. The fourth-order valence-corrected chi connectivity index (χ4v) is 3.31. The molecule has 4 unspecified atom stereocenters. The van der Waals surface area contributed by atoms with Gasteiger partial charge in [-0.15, -0.1) is 0 Å². The van der Waals surface area contributed by atoms with Crippen molar-refractivity contribution in [2.75, 3.05) is 0 Å². The number of carbonyl (C=O) groups excluding carboxylic acids is 1. The van der Waals surface area contributed by atoms with Crippen LogP contribution in [0.2, 0.25) is 0 Å². The van der Waals surface area contributed by atoms with E-state index in [4.69, 9.17) is 5.73 Å². The molecule has 2 aliphatic carbocycles. The third kappa shape index (κ3) is 3.21. The van der Waals surface area contributed by atoms with Gasteiger partial charge in [-0.1, -0.05) is 32.6 Å². The van der Waals surface area contributed by atoms with Crippen LogP contribution < -0.4 is 11.1 Å². The maximum Gasteiger partial charge on any atom is 0.224 e. The van der Waals surface area contributed by atoms with E-state index >= 15 is 0 Å². The van der Waals surface area contributed by atoms with E-state index in [0.29, 0.717) is 12.0 Å². The van der Waals surface area contributed by atoms with Crippen molar-refractivity contribution < 1.29 is 4.79 Å². The van der Waals surface area contributed by atoms with Crippen LogP contribution in [0, 0.1) is 11.8 Å². The molecule has 2 rings (SSSR count). The smallest absolute Gasteiger partial charge is 0.224 e. The van der Waals surface area contributed by atoms with Crippen molar-refractivity contribution in [2.45, 2.75) is 70.4 Å². The van der Waals surface area contributed by atoms with Crippen molar-refractivity contribution in [2.24, 2.45) is 17.6 Å². The first-order chi connectivity index (χ1) is 8.18. The highest BCUT2D eigenvalue weighted by atomic mass is 16.2. The van der Waals surface area contributed by atoms with Gasteiger partial charge in [0.25, 0.3) is 0 Å². The average Bonchev–Trinajstić information content (AvgIpc) is 2.63. The molecule has 0 spiro atoms. The molecule has 0 radical (unpaired) electrons. The molecule has 2 saturated carbocycles. The predicted octanol–water partition coefficient (Wildman–Crippen LogP) is 2.20. The zero-order chi connectivity index (χ0) is 12.3. The van der Waals surface area contributed by atoms with E-state index in [0.717, 1.165) is 25.7 Å². The highest BCUT2D eigenvalue weighted by Crippen LogP contribution is 2.26. The number of nitrogens with one attached hydrogen (secondary N) is 1. The van der Waals surface area contributed by atoms with Crippen molar-refractivity contribution in [1.29, 1.82) is 0 Å². The van der Waals surface area contributed by atoms with E-state index in [1.807, 2.05) is 0 Å². The molecule has 0 aromatic carbocycles. The summed E-state index contributed by atoms with van der Waals surface area (Å²) in [5.41, 5.74) is 5.99. The first-order valence-electron chi connectivity index (χ1n) is 7.24. The lowest BCUT2D eigenvalue weighted by atomic mass is 9.95. The Bertz CT molecular complexity index is 267. The molecule has 4 atom stereocenters. The van der Waals surface area contributed by atoms with Gasteiger partial charge in [-0.05, 0) is 31.6 Å². The van der Waals surface area contributed by atoms with Gasteiger partial charge in [-0.2, -0.15) is 0 Å². The van der Waals surface area contributed by atoms with Crippen LogP contribution in [0.3, 0.4) is 0 Å². The second-order valence-electron chi connectivity index (χ2n) is 5.93. The second-order valence-corrected chi connectivity index (χ2v) is 5.93. The van der Waals surface area contributed by atoms with E-state index in [1.54, 1.807) is 0 Å². The molecule has 0 bridgehead atoms. The summed E-state index contributed by atoms with van der Waals surface area (Å²) >= 11 is 0. The monoisotopic (exact) mass is 238 g/mol. The van der Waals surface area contributed by atoms with Crippen LogP contribution in [-0.4, -0.2) is 18.0 Å². The number of carbonyl (C=O) groups is 1. The fourth-order valence-electron chi connectivity index (χ4n) is 3.31. The summed E-state index contributed by atoms with van der Waals surface area (Å²) in [7, 11) is 0. The number of rotatable bonds is 2. The summed E-state index contributed by atoms with van der Waals surface area (Å²) in [5, 5.41) is 3.26. The number of amides is 1. The van der Waals surface area contributed by atoms with E-state index < -0.39 is 0 Å². The Balaban J connectivity index is 1.88. The molecule has 17 heavy (non-hydrogen) atoms. The van der Waals surface area contributed by atoms with Crippen LogP contribution in [-0.2, 0) is 4.79 Å². The minimum absolute atomic E-state index is 0.0745. The molecule has 0 saturated heterocycles. The second kappa shape index (κ2) is 5.85. The SMILES string of the molecule is CC1CCCCCC1NC(=O)C1CCCC1N. The first-order valence-corrected chi connectivity index (χ1v) is 7.24. The van der Waals surface area contributed by atoms with Crippen molar-refractivity contribution in [3.63, 3.8) is 0 Å². The molecule has 0 heterocycles. The molecule has 3 N–H and O–H groups in total. The maximum atomic E-state index is 12.2. The maximum absolute atomic E-state index is 12.2. The average molecular weight is 238 g/mol. The Kier molecular flexibility index (Phi) is 4.43. The Morgan fingerprint density at radius 1 is 1.06 bits per heavy atom. The van der Waals surface area contributed by atoms with Crippen LogP contribution in [0.5, 0.6) is 0 Å². The molecule has 0 aliphatic heterocycles. The largest absolute Gasteiger partial charge is 0.353 e. The molecule has 3 heteroatoms. The molecular formula is C14H26N2O. The van der Waals surface area contributed by atoms with E-state index in [9.17, 15) is 4.79 Å². The minimum Gasteiger partial charge on any atom is -0.353 e. The molecule has 0 aromatic rings. The van der Waals surface area contributed by atoms with Gasteiger partial charge < -0.3 is 11.1 Å². The summed E-state index contributed by atoms with van der Waals surface area (Å²) in [6.07, 6.45) is 9.39. The van der Waals surface area contributed by atoms with Crippen LogP contribution in [0.15, 0.2) is 0 Å². The molecule has 0 aromatic heterocycles. The lowest BCUT2D eigenvalue weighted by Crippen LogP contribution is -2.45. The van der Waals surface area contributed by atoms with E-state index in [2.05, 4.69) is 12.2 Å². The Labute approximate surface area is 105 Å². The predicted molar refractivity (Wildman–Crippen MR) is 69.5 cm³/mol. The van der Waals surface area contributed by atoms with Gasteiger partial charge in [-0.3, -0.25) is 4.79 Å². The fraction of sp³-hybridized carbons (Fsp3) is 0.929. The van der Waals surface area contributed by atoms with Gasteiger partial charge in [-0.25, -0.2) is 0 Å². The Morgan fingerprint density at radius 3 is 2.53 bits per heavy atom. The van der Waals surface area contributed by atoms with E-state index in [-0.39, 0.29) is 17.9 Å². The quantitative estimate of drug-likeness (QED) is 0.725. The first kappa shape index (κ1) is 12.9. The number of hydrogen-bond acceptors (Lipinski definition) is 2. The normalized spacial score (nSPS) is 38.7. The van der Waals surface area contributed by atoms with Crippen LogP contribution in [0.1, 0.15) is 58.3 Å². The third-order valence-corrected chi connectivity index (χ3v) is 4.60. The highest BCUT2D eigenvalue weighted by molar-refractivity contribution is 5.80. The van der Waals surface area contributed by atoms with E-state index in [1.165, 1.54) is 25.7 Å². The molecule has 2 aliphatic rings. The summed E-state index contributed by atoms with van der Waals surface area (Å²) in [6.45, 7) is 2.27. The van der Waals surface area contributed by atoms with Crippen LogP contribution in [0.25, 0.3) is 0 Å².